The van der Waals surface area contributed by atoms with E-state index < -0.39 is 18.1 Å². The molecule has 1 aliphatic carbocycles. The number of amides is 1. The molecule has 0 saturated carbocycles. The van der Waals surface area contributed by atoms with Crippen molar-refractivity contribution in [2.45, 2.75) is 31.2 Å². The third-order valence-corrected chi connectivity index (χ3v) is 6.11. The van der Waals surface area contributed by atoms with Gasteiger partial charge in [-0.25, -0.2) is 4.79 Å². The van der Waals surface area contributed by atoms with Crippen molar-refractivity contribution in [3.63, 3.8) is 0 Å². The molecule has 3 aromatic rings. The van der Waals surface area contributed by atoms with E-state index in [-0.39, 0.29) is 31.1 Å². The highest BCUT2D eigenvalue weighted by atomic mass is 16.5. The summed E-state index contributed by atoms with van der Waals surface area (Å²) in [6.07, 6.45) is -0.402. The molecule has 4 rings (SSSR count). The second kappa shape index (κ2) is 10.8. The smallest absolute Gasteiger partial charge is 0.407 e. The summed E-state index contributed by atoms with van der Waals surface area (Å²) in [5.74, 6) is -0.781. The molecule has 0 aliphatic heterocycles. The molecule has 0 aromatic heterocycles. The minimum absolute atomic E-state index is 0.0200. The van der Waals surface area contributed by atoms with E-state index in [0.29, 0.717) is 6.42 Å². The van der Waals surface area contributed by atoms with Crippen molar-refractivity contribution in [1.29, 1.82) is 0 Å². The third kappa shape index (κ3) is 5.34. The van der Waals surface area contributed by atoms with Crippen molar-refractivity contribution in [1.82, 2.24) is 5.32 Å². The van der Waals surface area contributed by atoms with Gasteiger partial charge in [0.25, 0.3) is 0 Å². The Morgan fingerprint density at radius 2 is 1.41 bits per heavy atom. The number of alkyl carbamates (subject to hydrolysis) is 1. The van der Waals surface area contributed by atoms with Gasteiger partial charge in [0.05, 0.1) is 19.6 Å². The largest absolute Gasteiger partial charge is 0.469 e. The van der Waals surface area contributed by atoms with E-state index in [0.717, 1.165) is 27.8 Å². The summed E-state index contributed by atoms with van der Waals surface area (Å²) >= 11 is 0. The molecular weight excluding hydrogens is 430 g/mol. The predicted molar refractivity (Wildman–Crippen MR) is 128 cm³/mol. The first kappa shape index (κ1) is 23.2. The lowest BCUT2D eigenvalue weighted by Gasteiger charge is -2.19. The van der Waals surface area contributed by atoms with Crippen molar-refractivity contribution in [2.24, 2.45) is 0 Å². The van der Waals surface area contributed by atoms with Gasteiger partial charge in [0.15, 0.2) is 5.78 Å². The van der Waals surface area contributed by atoms with Crippen LogP contribution in [0.15, 0.2) is 78.9 Å². The number of ether oxygens (including phenoxy) is 2. The van der Waals surface area contributed by atoms with Crippen LogP contribution in [0.25, 0.3) is 11.1 Å². The van der Waals surface area contributed by atoms with Crippen LogP contribution in [0, 0.1) is 0 Å². The second-order valence-electron chi connectivity index (χ2n) is 8.25. The fraction of sp³-hybridized carbons (Fsp3) is 0.250. The number of ketones is 1. The van der Waals surface area contributed by atoms with E-state index in [1.54, 1.807) is 0 Å². The lowest BCUT2D eigenvalue weighted by molar-refractivity contribution is -0.142. The zero-order chi connectivity index (χ0) is 23.9. The summed E-state index contributed by atoms with van der Waals surface area (Å²) in [7, 11) is 1.28. The Labute approximate surface area is 198 Å². The summed E-state index contributed by atoms with van der Waals surface area (Å²) in [6.45, 7) is 0.161. The lowest BCUT2D eigenvalue weighted by Crippen LogP contribution is -2.43. The number of methoxy groups -OCH3 is 1. The molecule has 6 nitrogen and oxygen atoms in total. The average Bonchev–Trinajstić information content (AvgIpc) is 3.19. The first-order valence-electron chi connectivity index (χ1n) is 11.3. The number of carbonyl (C=O) groups excluding carboxylic acids is 3. The maximum Gasteiger partial charge on any atom is 0.407 e. The molecule has 0 heterocycles. The summed E-state index contributed by atoms with van der Waals surface area (Å²) in [5, 5.41) is 2.72. The zero-order valence-corrected chi connectivity index (χ0v) is 19.0. The highest BCUT2D eigenvalue weighted by Gasteiger charge is 2.30. The van der Waals surface area contributed by atoms with Crippen molar-refractivity contribution < 1.29 is 23.9 Å². The van der Waals surface area contributed by atoms with Crippen LogP contribution in [0.2, 0.25) is 0 Å². The number of carbonyl (C=O) groups is 3. The molecule has 1 N–H and O–H groups in total. The van der Waals surface area contributed by atoms with Crippen LogP contribution in [-0.2, 0) is 25.5 Å². The molecule has 6 heteroatoms. The van der Waals surface area contributed by atoms with Crippen molar-refractivity contribution in [2.75, 3.05) is 13.7 Å². The van der Waals surface area contributed by atoms with E-state index in [4.69, 9.17) is 4.74 Å². The zero-order valence-electron chi connectivity index (χ0n) is 19.0. The number of hydrogen-bond acceptors (Lipinski definition) is 5. The number of benzene rings is 3. The van der Waals surface area contributed by atoms with Gasteiger partial charge >= 0.3 is 12.1 Å². The van der Waals surface area contributed by atoms with Gasteiger partial charge in [0.1, 0.15) is 6.61 Å². The average molecular weight is 458 g/mol. The van der Waals surface area contributed by atoms with Crippen molar-refractivity contribution in [3.05, 3.63) is 95.6 Å². The van der Waals surface area contributed by atoms with E-state index in [2.05, 4.69) is 34.3 Å². The molecule has 0 fully saturated rings. The Balaban J connectivity index is 1.43. The normalized spacial score (nSPS) is 12.9. The second-order valence-corrected chi connectivity index (χ2v) is 8.25. The standard InChI is InChI=1S/C28H27NO5/c1-33-27(31)16-15-26(30)25(17-19-9-3-2-4-10-19)29-28(32)34-18-24-22-13-7-5-11-20(22)21-12-6-8-14-23(21)24/h2-14,24-25H,15-18H2,1H3,(H,29,32)/t25-/m1/s1. The molecular formula is C28H27NO5. The molecule has 0 unspecified atom stereocenters. The molecule has 1 amide bonds. The minimum Gasteiger partial charge on any atom is -0.469 e. The van der Waals surface area contributed by atoms with Gasteiger partial charge in [-0.3, -0.25) is 9.59 Å². The van der Waals surface area contributed by atoms with E-state index in [1.807, 2.05) is 54.6 Å². The molecule has 1 aliphatic rings. The number of nitrogens with one attached hydrogen (secondary N) is 1. The van der Waals surface area contributed by atoms with E-state index >= 15 is 0 Å². The minimum atomic E-state index is -0.803. The quantitative estimate of drug-likeness (QED) is 0.473. The third-order valence-electron chi connectivity index (χ3n) is 6.11. The Morgan fingerprint density at radius 1 is 0.824 bits per heavy atom. The first-order chi connectivity index (χ1) is 16.6. The van der Waals surface area contributed by atoms with Crippen LogP contribution in [0.4, 0.5) is 4.79 Å². The Kier molecular flexibility index (Phi) is 7.38. The first-order valence-corrected chi connectivity index (χ1v) is 11.3. The summed E-state index contributed by atoms with van der Waals surface area (Å²) < 4.78 is 10.2. The van der Waals surface area contributed by atoms with Crippen LogP contribution >= 0.6 is 0 Å². The number of esters is 1. The van der Waals surface area contributed by atoms with Crippen LogP contribution < -0.4 is 5.32 Å². The molecule has 3 aromatic carbocycles. The molecule has 0 radical (unpaired) electrons. The number of Topliss-reactive ketones (excluding diaryl/α,β-unsaturated/α-hetero) is 1. The maximum absolute atomic E-state index is 12.8. The van der Waals surface area contributed by atoms with Crippen LogP contribution in [0.5, 0.6) is 0 Å². The maximum atomic E-state index is 12.8. The topological polar surface area (TPSA) is 81.7 Å². The predicted octanol–water partition coefficient (Wildman–Crippen LogP) is 4.66. The fourth-order valence-electron chi connectivity index (χ4n) is 4.38. The summed E-state index contributed by atoms with van der Waals surface area (Å²) in [4.78, 5) is 37.0. The molecule has 0 spiro atoms. The summed E-state index contributed by atoms with van der Waals surface area (Å²) in [6, 6.07) is 24.8. The Bertz CT molecular complexity index is 1130. The van der Waals surface area contributed by atoms with Gasteiger partial charge in [-0.15, -0.1) is 0 Å². The molecule has 174 valence electrons. The van der Waals surface area contributed by atoms with E-state index in [1.165, 1.54) is 7.11 Å². The number of rotatable bonds is 9. The van der Waals surface area contributed by atoms with Gasteiger partial charge in [0, 0.05) is 12.3 Å². The fourth-order valence-corrected chi connectivity index (χ4v) is 4.38. The lowest BCUT2D eigenvalue weighted by atomic mass is 9.98. The SMILES string of the molecule is COC(=O)CCC(=O)[C@@H](Cc1ccccc1)NC(=O)OCC1c2ccccc2-c2ccccc21. The Hall–Kier alpha value is -3.93. The Morgan fingerprint density at radius 3 is 2.03 bits per heavy atom. The monoisotopic (exact) mass is 457 g/mol. The molecule has 0 bridgehead atoms. The van der Waals surface area contributed by atoms with E-state index in [9.17, 15) is 14.4 Å². The van der Waals surface area contributed by atoms with Crippen molar-refractivity contribution >= 4 is 17.8 Å². The number of fused-ring (bicyclic) bond motifs is 3. The van der Waals surface area contributed by atoms with Crippen LogP contribution in [0.3, 0.4) is 0 Å². The van der Waals surface area contributed by atoms with Gasteiger partial charge in [0.2, 0.25) is 0 Å². The van der Waals surface area contributed by atoms with Crippen molar-refractivity contribution in [3.8, 4) is 11.1 Å². The summed E-state index contributed by atoms with van der Waals surface area (Å²) in [5.41, 5.74) is 5.43. The highest BCUT2D eigenvalue weighted by Crippen LogP contribution is 2.44. The van der Waals surface area contributed by atoms with Crippen LogP contribution in [-0.4, -0.2) is 37.6 Å². The number of hydrogen-bond donors (Lipinski definition) is 1. The molecule has 0 saturated heterocycles. The van der Waals surface area contributed by atoms with Gasteiger partial charge < -0.3 is 14.8 Å². The van der Waals surface area contributed by atoms with Gasteiger partial charge in [-0.2, -0.15) is 0 Å². The van der Waals surface area contributed by atoms with Crippen LogP contribution in [0.1, 0.15) is 35.4 Å². The van der Waals surface area contributed by atoms with Gasteiger partial charge in [-0.05, 0) is 34.2 Å². The molecule has 34 heavy (non-hydrogen) atoms. The molecule has 1 atom stereocenters. The van der Waals surface area contributed by atoms with Gasteiger partial charge in [-0.1, -0.05) is 78.9 Å². The highest BCUT2D eigenvalue weighted by molar-refractivity contribution is 5.90.